The Morgan fingerprint density at radius 2 is 1.75 bits per heavy atom. The minimum Gasteiger partial charge on any atom is -0.293 e. The van der Waals surface area contributed by atoms with E-state index >= 15 is 0 Å². The van der Waals surface area contributed by atoms with Crippen molar-refractivity contribution in [3.63, 3.8) is 0 Å². The van der Waals surface area contributed by atoms with Crippen molar-refractivity contribution < 1.29 is 13.2 Å². The van der Waals surface area contributed by atoms with Crippen LogP contribution in [-0.2, 0) is 0 Å². The van der Waals surface area contributed by atoms with Crippen molar-refractivity contribution in [1.29, 1.82) is 5.26 Å². The molecule has 1 saturated carbocycles. The standard InChI is InChI=1S/C11H17F3N2/c12-11(13,14)8-16-10(7-15)9-5-3-1-2-4-6-9/h9-10,16H,1-6,8H2. The first-order chi connectivity index (χ1) is 7.53. The van der Waals surface area contributed by atoms with Gasteiger partial charge in [0.25, 0.3) is 0 Å². The third kappa shape index (κ3) is 4.84. The van der Waals surface area contributed by atoms with E-state index < -0.39 is 18.8 Å². The summed E-state index contributed by atoms with van der Waals surface area (Å²) < 4.78 is 36.1. The molecule has 0 amide bonds. The van der Waals surface area contributed by atoms with E-state index in [0.29, 0.717) is 0 Å². The normalized spacial score (nSPS) is 21.1. The molecule has 1 rings (SSSR count). The van der Waals surface area contributed by atoms with Gasteiger partial charge in [0.05, 0.1) is 18.7 Å². The number of hydrogen-bond acceptors (Lipinski definition) is 2. The summed E-state index contributed by atoms with van der Waals surface area (Å²) in [5.41, 5.74) is 0. The molecule has 1 unspecified atom stereocenters. The maximum atomic E-state index is 12.0. The SMILES string of the molecule is N#CC(NCC(F)(F)F)C1CCCCCC1. The smallest absolute Gasteiger partial charge is 0.293 e. The zero-order valence-corrected chi connectivity index (χ0v) is 9.19. The third-order valence-electron chi connectivity index (χ3n) is 3.03. The van der Waals surface area contributed by atoms with E-state index in [-0.39, 0.29) is 5.92 Å². The highest BCUT2D eigenvalue weighted by molar-refractivity contribution is 4.95. The molecule has 1 atom stereocenters. The zero-order valence-electron chi connectivity index (χ0n) is 9.19. The maximum absolute atomic E-state index is 12.0. The van der Waals surface area contributed by atoms with E-state index in [1.807, 2.05) is 6.07 Å². The molecule has 0 heterocycles. The summed E-state index contributed by atoms with van der Waals surface area (Å²) >= 11 is 0. The molecule has 1 aliphatic carbocycles. The number of halogens is 3. The van der Waals surface area contributed by atoms with Crippen LogP contribution < -0.4 is 5.32 Å². The molecule has 0 aromatic carbocycles. The summed E-state index contributed by atoms with van der Waals surface area (Å²) in [5, 5.41) is 11.2. The van der Waals surface area contributed by atoms with Crippen LogP contribution >= 0.6 is 0 Å². The molecular weight excluding hydrogens is 217 g/mol. The predicted molar refractivity (Wildman–Crippen MR) is 54.7 cm³/mol. The van der Waals surface area contributed by atoms with E-state index in [2.05, 4.69) is 5.32 Å². The van der Waals surface area contributed by atoms with Gasteiger partial charge in [-0.2, -0.15) is 18.4 Å². The molecule has 0 radical (unpaired) electrons. The van der Waals surface area contributed by atoms with Gasteiger partial charge in [0.1, 0.15) is 0 Å². The molecule has 5 heteroatoms. The highest BCUT2D eigenvalue weighted by Crippen LogP contribution is 2.26. The summed E-state index contributed by atoms with van der Waals surface area (Å²) in [7, 11) is 0. The van der Waals surface area contributed by atoms with Crippen LogP contribution in [0.25, 0.3) is 0 Å². The quantitative estimate of drug-likeness (QED) is 0.762. The summed E-state index contributed by atoms with van der Waals surface area (Å²) in [6.07, 6.45) is 1.81. The Hall–Kier alpha value is -0.760. The van der Waals surface area contributed by atoms with Gasteiger partial charge >= 0.3 is 6.18 Å². The number of alkyl halides is 3. The first-order valence-corrected chi connectivity index (χ1v) is 5.72. The van der Waals surface area contributed by atoms with Crippen LogP contribution in [0.1, 0.15) is 38.5 Å². The van der Waals surface area contributed by atoms with Gasteiger partial charge in [0.2, 0.25) is 0 Å². The lowest BCUT2D eigenvalue weighted by molar-refractivity contribution is -0.126. The Morgan fingerprint density at radius 3 is 2.19 bits per heavy atom. The van der Waals surface area contributed by atoms with Gasteiger partial charge in [-0.1, -0.05) is 25.7 Å². The van der Waals surface area contributed by atoms with Crippen LogP contribution in [0.3, 0.4) is 0 Å². The van der Waals surface area contributed by atoms with Crippen LogP contribution in [0.5, 0.6) is 0 Å². The molecular formula is C11H17F3N2. The highest BCUT2D eigenvalue weighted by atomic mass is 19.4. The van der Waals surface area contributed by atoms with E-state index in [0.717, 1.165) is 38.5 Å². The fourth-order valence-corrected chi connectivity index (χ4v) is 2.19. The van der Waals surface area contributed by atoms with E-state index in [9.17, 15) is 13.2 Å². The summed E-state index contributed by atoms with van der Waals surface area (Å²) in [6.45, 7) is -1.07. The lowest BCUT2D eigenvalue weighted by Crippen LogP contribution is -2.40. The molecule has 1 fully saturated rings. The second-order valence-corrected chi connectivity index (χ2v) is 4.35. The van der Waals surface area contributed by atoms with Crippen molar-refractivity contribution in [1.82, 2.24) is 5.32 Å². The van der Waals surface area contributed by atoms with Crippen LogP contribution in [0.2, 0.25) is 0 Å². The van der Waals surface area contributed by atoms with Gasteiger partial charge in [0.15, 0.2) is 0 Å². The first kappa shape index (κ1) is 13.3. The average molecular weight is 234 g/mol. The number of nitriles is 1. The van der Waals surface area contributed by atoms with Gasteiger partial charge in [-0.05, 0) is 18.8 Å². The van der Waals surface area contributed by atoms with Gasteiger partial charge in [0, 0.05) is 0 Å². The predicted octanol–water partition coefficient (Wildman–Crippen LogP) is 3.00. The van der Waals surface area contributed by atoms with Crippen molar-refractivity contribution in [2.75, 3.05) is 6.54 Å². The Balaban J connectivity index is 2.43. The van der Waals surface area contributed by atoms with E-state index in [4.69, 9.17) is 5.26 Å². The van der Waals surface area contributed by atoms with Gasteiger partial charge in [-0.25, -0.2) is 0 Å². The second kappa shape index (κ2) is 6.09. The topological polar surface area (TPSA) is 35.8 Å². The Bertz CT molecular complexity index is 237. The fraction of sp³-hybridized carbons (Fsp3) is 0.909. The van der Waals surface area contributed by atoms with Crippen molar-refractivity contribution >= 4 is 0 Å². The Labute approximate surface area is 93.8 Å². The average Bonchev–Trinajstić information content (AvgIpc) is 2.46. The molecule has 2 nitrogen and oxygen atoms in total. The van der Waals surface area contributed by atoms with Crippen LogP contribution in [0, 0.1) is 17.2 Å². The number of nitrogens with zero attached hydrogens (tertiary/aromatic N) is 1. The molecule has 0 saturated heterocycles. The Morgan fingerprint density at radius 1 is 1.19 bits per heavy atom. The van der Waals surface area contributed by atoms with E-state index in [1.54, 1.807) is 0 Å². The molecule has 0 aromatic heterocycles. The first-order valence-electron chi connectivity index (χ1n) is 5.72. The fourth-order valence-electron chi connectivity index (χ4n) is 2.19. The molecule has 0 aromatic rings. The van der Waals surface area contributed by atoms with Gasteiger partial charge in [-0.15, -0.1) is 0 Å². The van der Waals surface area contributed by atoms with Crippen molar-refractivity contribution in [3.8, 4) is 6.07 Å². The molecule has 0 spiro atoms. The number of rotatable bonds is 3. The lowest BCUT2D eigenvalue weighted by Gasteiger charge is -2.21. The maximum Gasteiger partial charge on any atom is 0.401 e. The minimum absolute atomic E-state index is 0.0786. The number of nitrogens with one attached hydrogen (secondary N) is 1. The molecule has 0 aliphatic heterocycles. The van der Waals surface area contributed by atoms with Crippen LogP contribution in [0.15, 0.2) is 0 Å². The number of hydrogen-bond donors (Lipinski definition) is 1. The van der Waals surface area contributed by atoms with Crippen molar-refractivity contribution in [2.45, 2.75) is 50.7 Å². The molecule has 16 heavy (non-hydrogen) atoms. The largest absolute Gasteiger partial charge is 0.401 e. The summed E-state index contributed by atoms with van der Waals surface area (Å²) in [5.74, 6) is 0.0786. The minimum atomic E-state index is -4.24. The zero-order chi connectivity index (χ0) is 12.0. The van der Waals surface area contributed by atoms with Crippen LogP contribution in [-0.4, -0.2) is 18.8 Å². The van der Waals surface area contributed by atoms with Crippen molar-refractivity contribution in [3.05, 3.63) is 0 Å². The van der Waals surface area contributed by atoms with Gasteiger partial charge < -0.3 is 0 Å². The molecule has 0 bridgehead atoms. The monoisotopic (exact) mass is 234 g/mol. The summed E-state index contributed by atoms with van der Waals surface area (Å²) in [6, 6.07) is 1.31. The highest BCUT2D eigenvalue weighted by Gasteiger charge is 2.30. The second-order valence-electron chi connectivity index (χ2n) is 4.35. The van der Waals surface area contributed by atoms with Crippen LogP contribution in [0.4, 0.5) is 13.2 Å². The Kier molecular flexibility index (Phi) is 5.07. The van der Waals surface area contributed by atoms with Gasteiger partial charge in [-0.3, -0.25) is 5.32 Å². The third-order valence-corrected chi connectivity index (χ3v) is 3.03. The lowest BCUT2D eigenvalue weighted by atomic mass is 9.93. The molecule has 1 aliphatic rings. The van der Waals surface area contributed by atoms with Crippen molar-refractivity contribution in [2.24, 2.45) is 5.92 Å². The van der Waals surface area contributed by atoms with E-state index in [1.165, 1.54) is 0 Å². The molecule has 92 valence electrons. The summed E-state index contributed by atoms with van der Waals surface area (Å²) in [4.78, 5) is 0. The molecule has 1 N–H and O–H groups in total.